The van der Waals surface area contributed by atoms with E-state index in [0.29, 0.717) is 54.8 Å². The number of hydrogen-bond donors (Lipinski definition) is 1. The minimum Gasteiger partial charge on any atom is -0.497 e. The normalized spacial score (nSPS) is 12.5. The van der Waals surface area contributed by atoms with Gasteiger partial charge in [-0.1, -0.05) is 6.07 Å². The third-order valence-corrected chi connectivity index (χ3v) is 5.94. The molecule has 4 rings (SSSR count). The van der Waals surface area contributed by atoms with Crippen molar-refractivity contribution in [1.82, 2.24) is 0 Å². The number of nitrogens with zero attached hydrogens (tertiary/aromatic N) is 1. The van der Waals surface area contributed by atoms with Crippen LogP contribution in [0.2, 0.25) is 0 Å². The quantitative estimate of drug-likeness (QED) is 0.261. The second-order valence-corrected chi connectivity index (χ2v) is 8.56. The number of methoxy groups -OCH3 is 2. The van der Waals surface area contributed by atoms with Crippen LogP contribution in [-0.2, 0) is 9.59 Å². The van der Waals surface area contributed by atoms with E-state index >= 15 is 0 Å². The topological polar surface area (TPSA) is 95.6 Å². The SMILES string of the molecule is CCOc1ccc(/C=C/C(=O)Nc2ccc3c(c2)N(CCCOc2ccc(OC)cc2)C(=O)CO3)cc1OC. The van der Waals surface area contributed by atoms with Gasteiger partial charge in [-0.2, -0.15) is 0 Å². The number of hydrogen-bond acceptors (Lipinski definition) is 7. The first-order valence-corrected chi connectivity index (χ1v) is 12.6. The fraction of sp³-hybridized carbons (Fsp3) is 0.267. The summed E-state index contributed by atoms with van der Waals surface area (Å²) in [6.45, 7) is 3.27. The average molecular weight is 533 g/mol. The average Bonchev–Trinajstić information content (AvgIpc) is 2.96. The molecule has 0 atom stereocenters. The minimum absolute atomic E-state index is 0.0354. The summed E-state index contributed by atoms with van der Waals surface area (Å²) in [7, 11) is 3.18. The van der Waals surface area contributed by atoms with Gasteiger partial charge in [0, 0.05) is 18.3 Å². The van der Waals surface area contributed by atoms with E-state index in [0.717, 1.165) is 17.1 Å². The third-order valence-electron chi connectivity index (χ3n) is 5.94. The molecule has 0 saturated carbocycles. The van der Waals surface area contributed by atoms with Crippen LogP contribution in [0.4, 0.5) is 11.4 Å². The van der Waals surface area contributed by atoms with Crippen LogP contribution in [0, 0.1) is 0 Å². The van der Waals surface area contributed by atoms with Gasteiger partial charge in [0.05, 0.1) is 33.1 Å². The van der Waals surface area contributed by atoms with E-state index in [9.17, 15) is 9.59 Å². The lowest BCUT2D eigenvalue weighted by atomic mass is 10.1. The van der Waals surface area contributed by atoms with Crippen molar-refractivity contribution in [3.05, 3.63) is 72.3 Å². The van der Waals surface area contributed by atoms with Crippen molar-refractivity contribution in [2.75, 3.05) is 50.8 Å². The maximum atomic E-state index is 12.6. The minimum atomic E-state index is -0.315. The van der Waals surface area contributed by atoms with Crippen LogP contribution in [-0.4, -0.2) is 52.4 Å². The molecular formula is C30H32N2O7. The van der Waals surface area contributed by atoms with Gasteiger partial charge in [0.1, 0.15) is 17.2 Å². The molecule has 2 amide bonds. The van der Waals surface area contributed by atoms with Crippen molar-refractivity contribution < 1.29 is 33.3 Å². The van der Waals surface area contributed by atoms with Crippen LogP contribution in [0.5, 0.6) is 28.7 Å². The highest BCUT2D eigenvalue weighted by atomic mass is 16.5. The second-order valence-electron chi connectivity index (χ2n) is 8.56. The molecule has 9 nitrogen and oxygen atoms in total. The summed E-state index contributed by atoms with van der Waals surface area (Å²) in [6.07, 6.45) is 3.74. The number of nitrogens with one attached hydrogen (secondary N) is 1. The zero-order chi connectivity index (χ0) is 27.6. The van der Waals surface area contributed by atoms with E-state index in [1.54, 1.807) is 55.5 Å². The first-order valence-electron chi connectivity index (χ1n) is 12.6. The molecule has 1 aliphatic heterocycles. The van der Waals surface area contributed by atoms with Crippen LogP contribution in [0.25, 0.3) is 6.08 Å². The maximum absolute atomic E-state index is 12.6. The molecule has 1 N–H and O–H groups in total. The number of amides is 2. The molecule has 204 valence electrons. The van der Waals surface area contributed by atoms with E-state index in [2.05, 4.69) is 5.32 Å². The Labute approximate surface area is 227 Å². The van der Waals surface area contributed by atoms with E-state index < -0.39 is 0 Å². The van der Waals surface area contributed by atoms with Gasteiger partial charge in [-0.05, 0) is 79.6 Å². The van der Waals surface area contributed by atoms with Crippen molar-refractivity contribution in [2.45, 2.75) is 13.3 Å². The lowest BCUT2D eigenvalue weighted by Crippen LogP contribution is -2.39. The highest BCUT2D eigenvalue weighted by Gasteiger charge is 2.25. The number of benzene rings is 3. The van der Waals surface area contributed by atoms with Gasteiger partial charge < -0.3 is 33.9 Å². The molecule has 9 heteroatoms. The van der Waals surface area contributed by atoms with Crippen molar-refractivity contribution in [3.8, 4) is 28.7 Å². The van der Waals surface area contributed by atoms with Gasteiger partial charge in [0.15, 0.2) is 18.1 Å². The zero-order valence-electron chi connectivity index (χ0n) is 22.3. The van der Waals surface area contributed by atoms with Crippen molar-refractivity contribution >= 4 is 29.3 Å². The molecule has 0 radical (unpaired) electrons. The Kier molecular flexibility index (Phi) is 9.29. The van der Waals surface area contributed by atoms with Crippen LogP contribution in [0.3, 0.4) is 0 Å². The summed E-state index contributed by atoms with van der Waals surface area (Å²) in [5, 5.41) is 2.85. The van der Waals surface area contributed by atoms with Crippen LogP contribution >= 0.6 is 0 Å². The Morgan fingerprint density at radius 3 is 2.51 bits per heavy atom. The van der Waals surface area contributed by atoms with E-state index in [-0.39, 0.29) is 18.4 Å². The molecule has 0 spiro atoms. The molecule has 3 aromatic carbocycles. The van der Waals surface area contributed by atoms with Gasteiger partial charge in [0.2, 0.25) is 5.91 Å². The molecule has 1 heterocycles. The Balaban J connectivity index is 1.36. The Morgan fingerprint density at radius 2 is 1.77 bits per heavy atom. The molecule has 0 unspecified atom stereocenters. The predicted molar refractivity (Wildman–Crippen MR) is 149 cm³/mol. The van der Waals surface area contributed by atoms with Gasteiger partial charge in [-0.3, -0.25) is 9.59 Å². The second kappa shape index (κ2) is 13.2. The number of rotatable bonds is 12. The number of anilines is 2. The number of fused-ring (bicyclic) bond motifs is 1. The highest BCUT2D eigenvalue weighted by molar-refractivity contribution is 6.03. The molecule has 0 fully saturated rings. The summed E-state index contributed by atoms with van der Waals surface area (Å²) in [4.78, 5) is 26.9. The standard InChI is InChI=1S/C30H32N2O7/c1-4-37-27-13-6-21(18-28(27)36-3)7-15-29(33)31-22-8-14-26-25(19-22)32(30(34)20-39-26)16-5-17-38-24-11-9-23(35-2)10-12-24/h6-15,18-19H,4-5,16-17,20H2,1-3H3,(H,31,33)/b15-7+. The third kappa shape index (κ3) is 7.22. The Bertz CT molecular complexity index is 1320. The van der Waals surface area contributed by atoms with E-state index in [4.69, 9.17) is 23.7 Å². The summed E-state index contributed by atoms with van der Waals surface area (Å²) in [5.74, 6) is 2.84. The lowest BCUT2D eigenvalue weighted by Gasteiger charge is -2.29. The van der Waals surface area contributed by atoms with E-state index in [1.165, 1.54) is 6.08 Å². The van der Waals surface area contributed by atoms with Gasteiger partial charge in [-0.15, -0.1) is 0 Å². The summed E-state index contributed by atoms with van der Waals surface area (Å²) in [6, 6.07) is 18.0. The Morgan fingerprint density at radius 1 is 0.974 bits per heavy atom. The fourth-order valence-corrected chi connectivity index (χ4v) is 4.03. The predicted octanol–water partition coefficient (Wildman–Crippen LogP) is 4.95. The lowest BCUT2D eigenvalue weighted by molar-refractivity contribution is -0.121. The van der Waals surface area contributed by atoms with Crippen LogP contribution in [0.15, 0.2) is 66.7 Å². The molecule has 3 aromatic rings. The number of carbonyl (C=O) groups excluding carboxylic acids is 2. The molecule has 0 saturated heterocycles. The van der Waals surface area contributed by atoms with Gasteiger partial charge >= 0.3 is 0 Å². The molecule has 0 bridgehead atoms. The number of carbonyl (C=O) groups is 2. The van der Waals surface area contributed by atoms with Crippen molar-refractivity contribution in [3.63, 3.8) is 0 Å². The van der Waals surface area contributed by atoms with Gasteiger partial charge in [0.25, 0.3) is 5.91 Å². The summed E-state index contributed by atoms with van der Waals surface area (Å²) in [5.41, 5.74) is 1.94. The summed E-state index contributed by atoms with van der Waals surface area (Å²) < 4.78 is 27.4. The fourth-order valence-electron chi connectivity index (χ4n) is 4.03. The molecular weight excluding hydrogens is 500 g/mol. The highest BCUT2D eigenvalue weighted by Crippen LogP contribution is 2.35. The maximum Gasteiger partial charge on any atom is 0.265 e. The first kappa shape index (κ1) is 27.4. The Hall–Kier alpha value is -4.66. The monoisotopic (exact) mass is 532 g/mol. The molecule has 0 aromatic heterocycles. The smallest absolute Gasteiger partial charge is 0.265 e. The van der Waals surface area contributed by atoms with E-state index in [1.807, 2.05) is 37.3 Å². The number of ether oxygens (including phenoxy) is 5. The molecule has 0 aliphatic carbocycles. The zero-order valence-corrected chi connectivity index (χ0v) is 22.3. The van der Waals surface area contributed by atoms with Gasteiger partial charge in [-0.25, -0.2) is 0 Å². The van der Waals surface area contributed by atoms with Crippen molar-refractivity contribution in [2.24, 2.45) is 0 Å². The molecule has 1 aliphatic rings. The first-order chi connectivity index (χ1) is 19.0. The molecule has 39 heavy (non-hydrogen) atoms. The largest absolute Gasteiger partial charge is 0.497 e. The van der Waals surface area contributed by atoms with Crippen molar-refractivity contribution in [1.29, 1.82) is 0 Å². The summed E-state index contributed by atoms with van der Waals surface area (Å²) >= 11 is 0. The van der Waals surface area contributed by atoms with Crippen LogP contribution in [0.1, 0.15) is 18.9 Å². The van der Waals surface area contributed by atoms with Crippen LogP contribution < -0.4 is 33.9 Å².